The van der Waals surface area contributed by atoms with E-state index in [4.69, 9.17) is 0 Å². The minimum absolute atomic E-state index is 0.180. The van der Waals surface area contributed by atoms with Gasteiger partial charge in [0, 0.05) is 11.9 Å². The average Bonchev–Trinajstić information content (AvgIpc) is 2.67. The van der Waals surface area contributed by atoms with Crippen LogP contribution < -0.4 is 10.4 Å². The number of aromatic nitrogens is 1. The van der Waals surface area contributed by atoms with Crippen molar-refractivity contribution in [3.05, 3.63) is 90.3 Å². The fourth-order valence-electron chi connectivity index (χ4n) is 4.02. The Morgan fingerprint density at radius 3 is 1.69 bits per heavy atom. The maximum absolute atomic E-state index is 4.67. The molecule has 0 aliphatic rings. The lowest BCUT2D eigenvalue weighted by Crippen LogP contribution is -2.66. The molecule has 0 aliphatic carbocycles. The van der Waals surface area contributed by atoms with E-state index >= 15 is 0 Å². The van der Waals surface area contributed by atoms with Crippen LogP contribution in [0.4, 0.5) is 0 Å². The van der Waals surface area contributed by atoms with Crippen LogP contribution in [0.3, 0.4) is 0 Å². The van der Waals surface area contributed by atoms with Gasteiger partial charge in [-0.1, -0.05) is 105 Å². The summed E-state index contributed by atoms with van der Waals surface area (Å²) in [6.07, 6.45) is 3.08. The number of aryl methyl sites for hydroxylation is 1. The summed E-state index contributed by atoms with van der Waals surface area (Å²) in [7, 11) is -2.06. The minimum atomic E-state index is -2.06. The van der Waals surface area contributed by atoms with Crippen LogP contribution >= 0.6 is 0 Å². The molecule has 0 saturated heterocycles. The van der Waals surface area contributed by atoms with Gasteiger partial charge in [0.25, 0.3) is 0 Å². The van der Waals surface area contributed by atoms with Crippen molar-refractivity contribution in [2.75, 3.05) is 0 Å². The number of rotatable bonds is 5. The van der Waals surface area contributed by atoms with Crippen molar-refractivity contribution in [3.8, 4) is 0 Å². The van der Waals surface area contributed by atoms with Gasteiger partial charge in [-0.2, -0.15) is 0 Å². The van der Waals surface area contributed by atoms with Crippen molar-refractivity contribution in [1.82, 2.24) is 4.98 Å². The summed E-state index contributed by atoms with van der Waals surface area (Å²) in [5.74, 6) is 0. The van der Waals surface area contributed by atoms with Crippen LogP contribution in [0.2, 0.25) is 5.04 Å². The van der Waals surface area contributed by atoms with E-state index in [0.29, 0.717) is 0 Å². The topological polar surface area (TPSA) is 12.9 Å². The molecule has 0 saturated carbocycles. The van der Waals surface area contributed by atoms with E-state index in [0.717, 1.165) is 18.2 Å². The molecule has 3 aromatic rings. The highest BCUT2D eigenvalue weighted by atomic mass is 28.3. The molecular weight excluding hydrogens is 330 g/mol. The molecular formula is C24H29NSi. The highest BCUT2D eigenvalue weighted by Crippen LogP contribution is 2.38. The molecule has 1 aromatic heterocycles. The summed E-state index contributed by atoms with van der Waals surface area (Å²) < 4.78 is 0. The van der Waals surface area contributed by atoms with Gasteiger partial charge in [-0.25, -0.2) is 0 Å². The van der Waals surface area contributed by atoms with Gasteiger partial charge in [0.15, 0.2) is 0 Å². The first kappa shape index (κ1) is 18.6. The quantitative estimate of drug-likeness (QED) is 0.597. The zero-order chi connectivity index (χ0) is 18.6. The first-order valence-electron chi connectivity index (χ1n) is 9.52. The summed E-state index contributed by atoms with van der Waals surface area (Å²) in [6, 6.07) is 27.8. The standard InChI is InChI=1S/C24H29NSi/c1-5-21-17-16-20(18-25-21)19-26(24(2,3)4,22-12-8-6-9-13-22)23-14-10-7-11-15-23/h6-18H,5,19H2,1-4H3. The lowest BCUT2D eigenvalue weighted by molar-refractivity contribution is 0.725. The maximum Gasteiger partial charge on any atom is 0.127 e. The highest BCUT2D eigenvalue weighted by molar-refractivity contribution is 7.03. The summed E-state index contributed by atoms with van der Waals surface area (Å²) in [5, 5.41) is 3.18. The van der Waals surface area contributed by atoms with E-state index < -0.39 is 8.07 Å². The third-order valence-corrected chi connectivity index (χ3v) is 11.7. The number of hydrogen-bond donors (Lipinski definition) is 0. The van der Waals surface area contributed by atoms with E-state index in [9.17, 15) is 0 Å². The highest BCUT2D eigenvalue weighted by Gasteiger charge is 2.47. The van der Waals surface area contributed by atoms with E-state index in [1.165, 1.54) is 15.9 Å². The Bertz CT molecular complexity index is 778. The Hall–Kier alpha value is -2.19. The zero-order valence-electron chi connectivity index (χ0n) is 16.4. The SMILES string of the molecule is CCc1ccc(C[Si](c2ccccc2)(c2ccccc2)C(C)(C)C)cn1. The molecule has 0 aliphatic heterocycles. The molecule has 0 bridgehead atoms. The number of benzene rings is 2. The zero-order valence-corrected chi connectivity index (χ0v) is 17.4. The molecule has 3 rings (SSSR count). The van der Waals surface area contributed by atoms with Crippen LogP contribution in [0.15, 0.2) is 79.0 Å². The van der Waals surface area contributed by atoms with E-state index in [2.05, 4.69) is 112 Å². The molecule has 0 spiro atoms. The van der Waals surface area contributed by atoms with Gasteiger partial charge in [0.05, 0.1) is 0 Å². The third-order valence-electron chi connectivity index (χ3n) is 5.53. The second-order valence-electron chi connectivity index (χ2n) is 8.08. The fraction of sp³-hybridized carbons (Fsp3) is 0.292. The Kier molecular flexibility index (Phi) is 5.43. The molecule has 0 N–H and O–H groups in total. The molecule has 2 aromatic carbocycles. The first-order chi connectivity index (χ1) is 12.5. The summed E-state index contributed by atoms with van der Waals surface area (Å²) >= 11 is 0. The van der Waals surface area contributed by atoms with Crippen molar-refractivity contribution in [3.63, 3.8) is 0 Å². The van der Waals surface area contributed by atoms with E-state index in [1.54, 1.807) is 0 Å². The fourth-order valence-corrected chi connectivity index (χ4v) is 9.37. The molecule has 134 valence electrons. The van der Waals surface area contributed by atoms with Crippen molar-refractivity contribution in [1.29, 1.82) is 0 Å². The molecule has 0 fully saturated rings. The van der Waals surface area contributed by atoms with Gasteiger partial charge in [0.2, 0.25) is 0 Å². The molecule has 0 radical (unpaired) electrons. The average molecular weight is 360 g/mol. The Morgan fingerprint density at radius 1 is 0.769 bits per heavy atom. The lowest BCUT2D eigenvalue weighted by atomic mass is 10.2. The van der Waals surface area contributed by atoms with E-state index in [-0.39, 0.29) is 5.04 Å². The number of pyridine rings is 1. The summed E-state index contributed by atoms with van der Waals surface area (Å²) in [5.41, 5.74) is 2.51. The minimum Gasteiger partial charge on any atom is -0.261 e. The summed E-state index contributed by atoms with van der Waals surface area (Å²) in [4.78, 5) is 4.67. The number of nitrogens with zero attached hydrogens (tertiary/aromatic N) is 1. The van der Waals surface area contributed by atoms with Crippen LogP contribution in [0.1, 0.15) is 39.0 Å². The van der Waals surface area contributed by atoms with Gasteiger partial charge < -0.3 is 0 Å². The van der Waals surface area contributed by atoms with Crippen molar-refractivity contribution in [2.24, 2.45) is 0 Å². The van der Waals surface area contributed by atoms with E-state index in [1.807, 2.05) is 0 Å². The normalized spacial score (nSPS) is 12.2. The second kappa shape index (κ2) is 7.59. The summed E-state index contributed by atoms with van der Waals surface area (Å²) in [6.45, 7) is 9.39. The molecule has 1 heterocycles. The Morgan fingerprint density at radius 2 is 1.31 bits per heavy atom. The third kappa shape index (κ3) is 3.52. The predicted molar refractivity (Wildman–Crippen MR) is 115 cm³/mol. The molecule has 0 unspecified atom stereocenters. The predicted octanol–water partition coefficient (Wildman–Crippen LogP) is 4.79. The molecule has 26 heavy (non-hydrogen) atoms. The van der Waals surface area contributed by atoms with Crippen molar-refractivity contribution in [2.45, 2.75) is 45.2 Å². The van der Waals surface area contributed by atoms with Crippen LogP contribution in [-0.2, 0) is 12.5 Å². The van der Waals surface area contributed by atoms with Gasteiger partial charge in [-0.15, -0.1) is 0 Å². The van der Waals surface area contributed by atoms with Crippen LogP contribution in [0.5, 0.6) is 0 Å². The van der Waals surface area contributed by atoms with Crippen LogP contribution in [0.25, 0.3) is 0 Å². The van der Waals surface area contributed by atoms with Crippen LogP contribution in [-0.4, -0.2) is 13.1 Å². The largest absolute Gasteiger partial charge is 0.261 e. The van der Waals surface area contributed by atoms with Gasteiger partial charge >= 0.3 is 0 Å². The lowest BCUT2D eigenvalue weighted by Gasteiger charge is -2.44. The van der Waals surface area contributed by atoms with Crippen molar-refractivity contribution < 1.29 is 0 Å². The van der Waals surface area contributed by atoms with Crippen molar-refractivity contribution >= 4 is 18.4 Å². The monoisotopic (exact) mass is 359 g/mol. The molecule has 1 nitrogen and oxygen atoms in total. The molecule has 0 atom stereocenters. The Balaban J connectivity index is 2.19. The van der Waals surface area contributed by atoms with Crippen LogP contribution in [0, 0.1) is 0 Å². The molecule has 2 heteroatoms. The first-order valence-corrected chi connectivity index (χ1v) is 11.7. The van der Waals surface area contributed by atoms with Gasteiger partial charge in [-0.05, 0) is 29.1 Å². The number of hydrogen-bond acceptors (Lipinski definition) is 1. The second-order valence-corrected chi connectivity index (χ2v) is 12.9. The van der Waals surface area contributed by atoms with Gasteiger partial charge in [0.1, 0.15) is 8.07 Å². The Labute approximate surface area is 159 Å². The van der Waals surface area contributed by atoms with Gasteiger partial charge in [-0.3, -0.25) is 4.98 Å². The molecule has 0 amide bonds. The maximum atomic E-state index is 4.67. The smallest absolute Gasteiger partial charge is 0.127 e.